The highest BCUT2D eigenvalue weighted by molar-refractivity contribution is 14.1. The van der Waals surface area contributed by atoms with Crippen molar-refractivity contribution < 1.29 is 0 Å². The van der Waals surface area contributed by atoms with Crippen LogP contribution in [0.4, 0.5) is 0 Å². The Balaban J connectivity index is 2.22. The third kappa shape index (κ3) is 2.30. The van der Waals surface area contributed by atoms with E-state index in [-0.39, 0.29) is 0 Å². The van der Waals surface area contributed by atoms with Crippen LogP contribution in [0.2, 0.25) is 0 Å². The third-order valence-corrected chi connectivity index (χ3v) is 5.73. The summed E-state index contributed by atoms with van der Waals surface area (Å²) in [6.45, 7) is 3.06. The van der Waals surface area contributed by atoms with Crippen LogP contribution in [0.5, 0.6) is 0 Å². The molecule has 0 amide bonds. The van der Waals surface area contributed by atoms with E-state index in [0.29, 0.717) is 0 Å². The van der Waals surface area contributed by atoms with Crippen molar-refractivity contribution in [2.24, 2.45) is 0 Å². The molecular weight excluding hydrogens is 422 g/mol. The molecule has 0 saturated heterocycles. The number of aromatic nitrogens is 2. The van der Waals surface area contributed by atoms with Gasteiger partial charge in [0.25, 0.3) is 0 Å². The molecule has 0 aromatic carbocycles. The second kappa shape index (κ2) is 4.48. The predicted octanol–water partition coefficient (Wildman–Crippen LogP) is 3.51. The first-order valence-electron chi connectivity index (χ1n) is 4.07. The predicted molar refractivity (Wildman–Crippen MR) is 75.8 cm³/mol. The largest absolute Gasteiger partial charge is 0.321 e. The van der Waals surface area contributed by atoms with Gasteiger partial charge in [-0.2, -0.15) is 0 Å². The van der Waals surface area contributed by atoms with Crippen LogP contribution in [-0.4, -0.2) is 9.55 Å². The summed E-state index contributed by atoms with van der Waals surface area (Å²) in [6.07, 6.45) is 1.90. The second-order valence-electron chi connectivity index (χ2n) is 3.02. The molecule has 0 fully saturated rings. The van der Waals surface area contributed by atoms with Crippen molar-refractivity contribution in [2.75, 3.05) is 0 Å². The molecule has 0 radical (unpaired) electrons. The lowest BCUT2D eigenvalue weighted by atomic mass is 10.3. The summed E-state index contributed by atoms with van der Waals surface area (Å²) in [5, 5.41) is 2.21. The molecule has 0 spiro atoms. The number of rotatable bonds is 2. The van der Waals surface area contributed by atoms with Crippen molar-refractivity contribution in [2.45, 2.75) is 13.5 Å². The molecule has 0 atom stereocenters. The molecule has 0 bridgehead atoms. The molecule has 5 heteroatoms. The van der Waals surface area contributed by atoms with E-state index in [9.17, 15) is 0 Å². The van der Waals surface area contributed by atoms with E-state index in [2.05, 4.69) is 73.1 Å². The minimum Gasteiger partial charge on any atom is -0.321 e. The fraction of sp³-hybridized carbons (Fsp3) is 0.222. The van der Waals surface area contributed by atoms with Crippen LogP contribution in [0.3, 0.4) is 0 Å². The van der Waals surface area contributed by atoms with E-state index in [1.54, 1.807) is 11.3 Å². The molecule has 0 N–H and O–H groups in total. The quantitative estimate of drug-likeness (QED) is 0.668. The second-order valence-corrected chi connectivity index (χ2v) is 6.18. The molecule has 0 aliphatic carbocycles. The molecule has 2 aromatic rings. The van der Waals surface area contributed by atoms with Gasteiger partial charge >= 0.3 is 0 Å². The SMILES string of the molecule is Cc1cc(Cn2cnc(I)c2I)cs1. The Morgan fingerprint density at radius 2 is 2.29 bits per heavy atom. The summed E-state index contributed by atoms with van der Waals surface area (Å²) < 4.78 is 4.46. The molecule has 2 heterocycles. The van der Waals surface area contributed by atoms with Crippen molar-refractivity contribution >= 4 is 56.5 Å². The van der Waals surface area contributed by atoms with E-state index in [1.165, 1.54) is 14.1 Å². The lowest BCUT2D eigenvalue weighted by Crippen LogP contribution is -1.99. The number of hydrogen-bond acceptors (Lipinski definition) is 2. The van der Waals surface area contributed by atoms with Gasteiger partial charge in [-0.3, -0.25) is 0 Å². The van der Waals surface area contributed by atoms with Gasteiger partial charge in [-0.15, -0.1) is 11.3 Å². The minimum absolute atomic E-state index is 0.929. The first-order valence-corrected chi connectivity index (χ1v) is 7.10. The Morgan fingerprint density at radius 1 is 1.50 bits per heavy atom. The molecule has 2 nitrogen and oxygen atoms in total. The Morgan fingerprint density at radius 3 is 2.79 bits per heavy atom. The van der Waals surface area contributed by atoms with Gasteiger partial charge in [0.05, 0.1) is 12.9 Å². The van der Waals surface area contributed by atoms with E-state index >= 15 is 0 Å². The van der Waals surface area contributed by atoms with E-state index < -0.39 is 0 Å². The van der Waals surface area contributed by atoms with Gasteiger partial charge in [-0.1, -0.05) is 0 Å². The summed E-state index contributed by atoms with van der Waals surface area (Å²) >= 11 is 6.38. The monoisotopic (exact) mass is 430 g/mol. The molecule has 2 rings (SSSR count). The zero-order valence-corrected chi connectivity index (χ0v) is 12.6. The highest BCUT2D eigenvalue weighted by Gasteiger charge is 2.05. The molecule has 14 heavy (non-hydrogen) atoms. The third-order valence-electron chi connectivity index (χ3n) is 1.87. The van der Waals surface area contributed by atoms with Gasteiger partial charge in [-0.25, -0.2) is 4.98 Å². The number of imidazole rings is 1. The highest BCUT2D eigenvalue weighted by atomic mass is 127. The van der Waals surface area contributed by atoms with E-state index in [1.807, 2.05) is 6.33 Å². The fourth-order valence-electron chi connectivity index (χ4n) is 1.23. The van der Waals surface area contributed by atoms with Gasteiger partial charge in [0, 0.05) is 4.88 Å². The standard InChI is InChI=1S/C9H8I2N2S/c1-6-2-7(4-14-6)3-13-5-12-8(10)9(13)11/h2,4-5H,3H2,1H3. The van der Waals surface area contributed by atoms with Gasteiger partial charge in [0.15, 0.2) is 0 Å². The Hall–Kier alpha value is 0.370. The average molecular weight is 430 g/mol. The smallest absolute Gasteiger partial charge is 0.132 e. The van der Waals surface area contributed by atoms with Crippen molar-refractivity contribution in [1.29, 1.82) is 0 Å². The number of hydrogen-bond donors (Lipinski definition) is 0. The zero-order chi connectivity index (χ0) is 10.1. The van der Waals surface area contributed by atoms with Crippen molar-refractivity contribution in [3.05, 3.63) is 35.6 Å². The summed E-state index contributed by atoms with van der Waals surface area (Å²) in [7, 11) is 0. The van der Waals surface area contributed by atoms with E-state index in [4.69, 9.17) is 0 Å². The lowest BCUT2D eigenvalue weighted by molar-refractivity contribution is 0.780. The van der Waals surface area contributed by atoms with Crippen LogP contribution in [0.25, 0.3) is 0 Å². The lowest BCUT2D eigenvalue weighted by Gasteiger charge is -2.00. The van der Waals surface area contributed by atoms with Gasteiger partial charge in [0.1, 0.15) is 7.40 Å². The first-order chi connectivity index (χ1) is 6.66. The maximum Gasteiger partial charge on any atom is 0.132 e. The number of halogens is 2. The molecule has 74 valence electrons. The van der Waals surface area contributed by atoms with Gasteiger partial charge in [0.2, 0.25) is 0 Å². The van der Waals surface area contributed by atoms with Crippen LogP contribution in [0.15, 0.2) is 17.8 Å². The Kier molecular flexibility index (Phi) is 3.48. The molecule has 0 aliphatic heterocycles. The van der Waals surface area contributed by atoms with Crippen LogP contribution < -0.4 is 0 Å². The summed E-state index contributed by atoms with van der Waals surface area (Å²) in [4.78, 5) is 5.63. The minimum atomic E-state index is 0.929. The topological polar surface area (TPSA) is 17.8 Å². The van der Waals surface area contributed by atoms with E-state index in [0.717, 1.165) is 10.2 Å². The molecule has 0 unspecified atom stereocenters. The first kappa shape index (κ1) is 10.9. The molecule has 0 aliphatic rings. The fourth-order valence-corrected chi connectivity index (χ4v) is 2.80. The molecule has 0 saturated carbocycles. The maximum atomic E-state index is 4.26. The van der Waals surface area contributed by atoms with Crippen molar-refractivity contribution in [3.8, 4) is 0 Å². The van der Waals surface area contributed by atoms with Crippen LogP contribution in [0, 0.1) is 14.3 Å². The van der Waals surface area contributed by atoms with Crippen LogP contribution in [0.1, 0.15) is 10.4 Å². The van der Waals surface area contributed by atoms with Crippen LogP contribution >= 0.6 is 56.5 Å². The number of nitrogens with zero attached hydrogens (tertiary/aromatic N) is 2. The summed E-state index contributed by atoms with van der Waals surface area (Å²) in [5.41, 5.74) is 1.36. The van der Waals surface area contributed by atoms with Crippen molar-refractivity contribution in [3.63, 3.8) is 0 Å². The zero-order valence-electron chi connectivity index (χ0n) is 7.50. The van der Waals surface area contributed by atoms with Gasteiger partial charge in [-0.05, 0) is 69.1 Å². The number of thiophene rings is 1. The average Bonchev–Trinajstić information content (AvgIpc) is 2.67. The Bertz CT molecular complexity index is 447. The van der Waals surface area contributed by atoms with Gasteiger partial charge < -0.3 is 4.57 Å². The van der Waals surface area contributed by atoms with Crippen molar-refractivity contribution in [1.82, 2.24) is 9.55 Å². The molecule has 2 aromatic heterocycles. The van der Waals surface area contributed by atoms with Crippen LogP contribution in [-0.2, 0) is 6.54 Å². The normalized spacial score (nSPS) is 10.8. The Labute approximate surface area is 114 Å². The highest BCUT2D eigenvalue weighted by Crippen LogP contribution is 2.18. The number of aryl methyl sites for hydroxylation is 1. The maximum absolute atomic E-state index is 4.26. The summed E-state index contributed by atoms with van der Waals surface area (Å²) in [5.74, 6) is 0. The molecular formula is C9H8I2N2S. The summed E-state index contributed by atoms with van der Waals surface area (Å²) in [6, 6.07) is 2.23.